The van der Waals surface area contributed by atoms with Gasteiger partial charge in [-0.25, -0.2) is 9.37 Å². The van der Waals surface area contributed by atoms with E-state index in [-0.39, 0.29) is 17.6 Å². The van der Waals surface area contributed by atoms with E-state index in [1.54, 1.807) is 10.7 Å². The SMILES string of the molecule is CCn1ncnc1CC(CCl)(CCl)c1cccc(F)c1. The van der Waals surface area contributed by atoms with Crippen molar-refractivity contribution < 1.29 is 4.39 Å². The van der Waals surface area contributed by atoms with Gasteiger partial charge >= 0.3 is 0 Å². The molecule has 0 aliphatic rings. The van der Waals surface area contributed by atoms with Crippen molar-refractivity contribution in [2.45, 2.75) is 25.3 Å². The molecular formula is C14H16Cl2FN3. The number of hydrogen-bond donors (Lipinski definition) is 0. The first-order valence-electron chi connectivity index (χ1n) is 6.40. The van der Waals surface area contributed by atoms with Crippen molar-refractivity contribution >= 4 is 23.2 Å². The molecule has 20 heavy (non-hydrogen) atoms. The maximum Gasteiger partial charge on any atom is 0.138 e. The topological polar surface area (TPSA) is 30.7 Å². The van der Waals surface area contributed by atoms with Crippen LogP contribution < -0.4 is 0 Å². The van der Waals surface area contributed by atoms with Crippen LogP contribution in [0.15, 0.2) is 30.6 Å². The zero-order valence-electron chi connectivity index (χ0n) is 11.2. The number of aryl methyl sites for hydroxylation is 1. The van der Waals surface area contributed by atoms with Crippen LogP contribution >= 0.6 is 23.2 Å². The lowest BCUT2D eigenvalue weighted by Gasteiger charge is -2.30. The Kier molecular flexibility index (Phi) is 5.00. The summed E-state index contributed by atoms with van der Waals surface area (Å²) in [5.74, 6) is 1.09. The number of halogens is 3. The number of aromatic nitrogens is 3. The predicted molar refractivity (Wildman–Crippen MR) is 78.9 cm³/mol. The van der Waals surface area contributed by atoms with Gasteiger partial charge in [-0.15, -0.1) is 23.2 Å². The summed E-state index contributed by atoms with van der Waals surface area (Å²) in [7, 11) is 0. The Labute approximate surface area is 127 Å². The van der Waals surface area contributed by atoms with Crippen LogP contribution in [0.3, 0.4) is 0 Å². The molecule has 0 saturated carbocycles. The van der Waals surface area contributed by atoms with E-state index in [4.69, 9.17) is 23.2 Å². The highest BCUT2D eigenvalue weighted by atomic mass is 35.5. The van der Waals surface area contributed by atoms with Crippen LogP contribution in [0.4, 0.5) is 4.39 Å². The molecule has 0 aliphatic heterocycles. The fourth-order valence-corrected chi connectivity index (χ4v) is 2.98. The summed E-state index contributed by atoms with van der Waals surface area (Å²) in [6, 6.07) is 6.41. The van der Waals surface area contributed by atoms with Gasteiger partial charge in [-0.05, 0) is 24.6 Å². The highest BCUT2D eigenvalue weighted by Gasteiger charge is 2.33. The first-order chi connectivity index (χ1) is 9.65. The van der Waals surface area contributed by atoms with E-state index in [1.165, 1.54) is 18.5 Å². The minimum absolute atomic E-state index is 0.288. The Morgan fingerprint density at radius 1 is 1.30 bits per heavy atom. The van der Waals surface area contributed by atoms with Crippen LogP contribution in [-0.2, 0) is 18.4 Å². The number of benzene rings is 1. The van der Waals surface area contributed by atoms with Crippen LogP contribution in [-0.4, -0.2) is 26.5 Å². The maximum absolute atomic E-state index is 13.5. The van der Waals surface area contributed by atoms with E-state index in [0.29, 0.717) is 6.42 Å². The lowest BCUT2D eigenvalue weighted by molar-refractivity contribution is 0.487. The Hall–Kier alpha value is -1.13. The van der Waals surface area contributed by atoms with E-state index in [1.807, 2.05) is 13.0 Å². The quantitative estimate of drug-likeness (QED) is 0.765. The van der Waals surface area contributed by atoms with E-state index < -0.39 is 5.41 Å². The summed E-state index contributed by atoms with van der Waals surface area (Å²) < 4.78 is 15.3. The van der Waals surface area contributed by atoms with Gasteiger partial charge in [0.05, 0.1) is 0 Å². The van der Waals surface area contributed by atoms with E-state index in [2.05, 4.69) is 10.1 Å². The number of hydrogen-bond acceptors (Lipinski definition) is 2. The third kappa shape index (κ3) is 2.96. The highest BCUT2D eigenvalue weighted by molar-refractivity contribution is 6.22. The average Bonchev–Trinajstić information content (AvgIpc) is 2.92. The summed E-state index contributed by atoms with van der Waals surface area (Å²) in [5, 5.41) is 4.14. The minimum atomic E-state index is -0.550. The fraction of sp³-hybridized carbons (Fsp3) is 0.429. The molecule has 0 aliphatic carbocycles. The third-order valence-electron chi connectivity index (χ3n) is 3.44. The van der Waals surface area contributed by atoms with Gasteiger partial charge < -0.3 is 0 Å². The van der Waals surface area contributed by atoms with Gasteiger partial charge in [0, 0.05) is 30.1 Å². The first kappa shape index (κ1) is 15.3. The monoisotopic (exact) mass is 315 g/mol. The molecule has 1 aromatic heterocycles. The number of rotatable bonds is 6. The Morgan fingerprint density at radius 2 is 2.05 bits per heavy atom. The van der Waals surface area contributed by atoms with Crippen LogP contribution in [0, 0.1) is 5.82 Å². The van der Waals surface area contributed by atoms with Gasteiger partial charge in [0.1, 0.15) is 18.0 Å². The third-order valence-corrected chi connectivity index (χ3v) is 4.46. The lowest BCUT2D eigenvalue weighted by Crippen LogP contribution is -2.34. The van der Waals surface area contributed by atoms with Crippen LogP contribution in [0.25, 0.3) is 0 Å². The largest absolute Gasteiger partial charge is 0.250 e. The zero-order valence-corrected chi connectivity index (χ0v) is 12.7. The predicted octanol–water partition coefficient (Wildman–Crippen LogP) is 3.40. The van der Waals surface area contributed by atoms with Crippen molar-refractivity contribution in [1.82, 2.24) is 14.8 Å². The van der Waals surface area contributed by atoms with Crippen molar-refractivity contribution in [2.75, 3.05) is 11.8 Å². The van der Waals surface area contributed by atoms with Crippen LogP contribution in [0.5, 0.6) is 0 Å². The molecule has 3 nitrogen and oxygen atoms in total. The van der Waals surface area contributed by atoms with Gasteiger partial charge in [0.25, 0.3) is 0 Å². The molecule has 0 amide bonds. The Bertz CT molecular complexity index is 567. The zero-order chi connectivity index (χ0) is 14.6. The summed E-state index contributed by atoms with van der Waals surface area (Å²) >= 11 is 12.3. The molecule has 0 spiro atoms. The van der Waals surface area contributed by atoms with Gasteiger partial charge in [-0.1, -0.05) is 12.1 Å². The Balaban J connectivity index is 2.39. The molecule has 6 heteroatoms. The standard InChI is InChI=1S/C14H16Cl2FN3/c1-2-20-13(18-10-19-20)7-14(8-15,9-16)11-4-3-5-12(17)6-11/h3-6,10H,2,7-9H2,1H3. The van der Waals surface area contributed by atoms with E-state index in [0.717, 1.165) is 17.9 Å². The minimum Gasteiger partial charge on any atom is -0.250 e. The van der Waals surface area contributed by atoms with Gasteiger partial charge in [0.15, 0.2) is 0 Å². The normalized spacial score (nSPS) is 11.8. The lowest BCUT2D eigenvalue weighted by atomic mass is 9.80. The maximum atomic E-state index is 13.5. The smallest absolute Gasteiger partial charge is 0.138 e. The second-order valence-corrected chi connectivity index (χ2v) is 5.26. The van der Waals surface area contributed by atoms with Crippen molar-refractivity contribution in [3.8, 4) is 0 Å². The first-order valence-corrected chi connectivity index (χ1v) is 7.47. The van der Waals surface area contributed by atoms with Gasteiger partial charge in [0.2, 0.25) is 0 Å². The molecule has 0 atom stereocenters. The summed E-state index contributed by atoms with van der Waals surface area (Å²) in [6.07, 6.45) is 2.04. The molecular weight excluding hydrogens is 300 g/mol. The van der Waals surface area contributed by atoms with Gasteiger partial charge in [-0.2, -0.15) is 5.10 Å². The van der Waals surface area contributed by atoms with E-state index >= 15 is 0 Å². The number of nitrogens with zero attached hydrogens (tertiary/aromatic N) is 3. The average molecular weight is 316 g/mol. The molecule has 2 rings (SSSR count). The fourth-order valence-electron chi connectivity index (χ4n) is 2.20. The molecule has 0 unspecified atom stereocenters. The molecule has 1 heterocycles. The van der Waals surface area contributed by atoms with Crippen LogP contribution in [0.2, 0.25) is 0 Å². The molecule has 2 aromatic rings. The molecule has 108 valence electrons. The van der Waals surface area contributed by atoms with Gasteiger partial charge in [-0.3, -0.25) is 4.68 Å². The van der Waals surface area contributed by atoms with Crippen molar-refractivity contribution in [3.63, 3.8) is 0 Å². The molecule has 0 saturated heterocycles. The molecule has 0 N–H and O–H groups in total. The molecule has 0 fully saturated rings. The molecule has 0 radical (unpaired) electrons. The molecule has 1 aromatic carbocycles. The summed E-state index contributed by atoms with van der Waals surface area (Å²) in [6.45, 7) is 2.71. The van der Waals surface area contributed by atoms with E-state index in [9.17, 15) is 4.39 Å². The number of alkyl halides is 2. The van der Waals surface area contributed by atoms with Crippen LogP contribution in [0.1, 0.15) is 18.3 Å². The second-order valence-electron chi connectivity index (χ2n) is 4.73. The highest BCUT2D eigenvalue weighted by Crippen LogP contribution is 2.31. The summed E-state index contributed by atoms with van der Waals surface area (Å²) in [4.78, 5) is 4.26. The van der Waals surface area contributed by atoms with Crippen molar-refractivity contribution in [1.29, 1.82) is 0 Å². The molecule has 0 bridgehead atoms. The van der Waals surface area contributed by atoms with Crippen molar-refractivity contribution in [2.24, 2.45) is 0 Å². The summed E-state index contributed by atoms with van der Waals surface area (Å²) in [5.41, 5.74) is 0.235. The second kappa shape index (κ2) is 6.55. The van der Waals surface area contributed by atoms with Crippen molar-refractivity contribution in [3.05, 3.63) is 47.8 Å². The Morgan fingerprint density at radius 3 is 2.65 bits per heavy atom.